The molecule has 0 radical (unpaired) electrons. The third-order valence-corrected chi connectivity index (χ3v) is 3.99. The van der Waals surface area contributed by atoms with Crippen LogP contribution in [0.1, 0.15) is 64.4 Å². The van der Waals surface area contributed by atoms with E-state index in [1.165, 1.54) is 38.7 Å². The number of nitrogens with zero attached hydrogens (tertiary/aromatic N) is 1. The maximum Gasteiger partial charge on any atom is 0.340 e. The molecule has 1 aliphatic carbocycles. The molecule has 2 rings (SSSR count). The van der Waals surface area contributed by atoms with E-state index in [2.05, 4.69) is 0 Å². The number of aromatic nitrogens is 1. The molecular formula is C15H21NO5. The van der Waals surface area contributed by atoms with Gasteiger partial charge in [-0.05, 0) is 12.8 Å². The molecule has 0 aliphatic heterocycles. The van der Waals surface area contributed by atoms with Crippen LogP contribution < -0.4 is 4.84 Å². The highest BCUT2D eigenvalue weighted by atomic mass is 16.6. The summed E-state index contributed by atoms with van der Waals surface area (Å²) in [5.74, 6) is -0.916. The van der Waals surface area contributed by atoms with E-state index in [9.17, 15) is 9.59 Å². The first kappa shape index (κ1) is 15.4. The first-order chi connectivity index (χ1) is 10.1. The van der Waals surface area contributed by atoms with Crippen molar-refractivity contribution in [2.45, 2.75) is 38.0 Å². The van der Waals surface area contributed by atoms with Crippen molar-refractivity contribution in [2.75, 3.05) is 21.3 Å². The van der Waals surface area contributed by atoms with Crippen molar-refractivity contribution in [2.24, 2.45) is 0 Å². The Bertz CT molecular complexity index is 528. The minimum absolute atomic E-state index is 0.186. The summed E-state index contributed by atoms with van der Waals surface area (Å²) in [7, 11) is 4.10. The molecule has 1 heterocycles. The molecule has 0 spiro atoms. The van der Waals surface area contributed by atoms with E-state index in [-0.39, 0.29) is 17.0 Å². The molecule has 1 aliphatic rings. The number of hydrogen-bond donors (Lipinski definition) is 0. The zero-order chi connectivity index (χ0) is 15.4. The highest BCUT2D eigenvalue weighted by Crippen LogP contribution is 2.36. The van der Waals surface area contributed by atoms with Gasteiger partial charge in [0.2, 0.25) is 0 Å². The summed E-state index contributed by atoms with van der Waals surface area (Å²) in [5, 5.41) is 0. The van der Waals surface area contributed by atoms with Crippen molar-refractivity contribution in [3.63, 3.8) is 0 Å². The molecule has 6 heteroatoms. The van der Waals surface area contributed by atoms with Crippen LogP contribution in [0.5, 0.6) is 0 Å². The van der Waals surface area contributed by atoms with Crippen LogP contribution in [0, 0.1) is 0 Å². The maximum atomic E-state index is 12.1. The number of rotatable bonds is 4. The lowest BCUT2D eigenvalue weighted by molar-refractivity contribution is 0.0555. The zero-order valence-electron chi connectivity index (χ0n) is 12.7. The van der Waals surface area contributed by atoms with E-state index in [0.717, 1.165) is 25.7 Å². The van der Waals surface area contributed by atoms with Gasteiger partial charge in [-0.25, -0.2) is 9.59 Å². The van der Waals surface area contributed by atoms with Gasteiger partial charge in [-0.1, -0.05) is 19.3 Å². The summed E-state index contributed by atoms with van der Waals surface area (Å²) < 4.78 is 11.1. The normalized spacial score (nSPS) is 15.6. The van der Waals surface area contributed by atoms with Gasteiger partial charge in [-0.2, -0.15) is 4.73 Å². The molecule has 6 nitrogen and oxygen atoms in total. The molecule has 1 saturated carbocycles. The fourth-order valence-electron chi connectivity index (χ4n) is 2.99. The molecule has 1 aromatic heterocycles. The van der Waals surface area contributed by atoms with Gasteiger partial charge < -0.3 is 14.3 Å². The Morgan fingerprint density at radius 2 is 1.67 bits per heavy atom. The second kappa shape index (κ2) is 6.65. The van der Waals surface area contributed by atoms with Gasteiger partial charge in [0.1, 0.15) is 7.11 Å². The van der Waals surface area contributed by atoms with Gasteiger partial charge >= 0.3 is 11.9 Å². The molecule has 0 saturated heterocycles. The Labute approximate surface area is 123 Å². The third-order valence-electron chi connectivity index (χ3n) is 3.99. The van der Waals surface area contributed by atoms with Gasteiger partial charge in [0.15, 0.2) is 0 Å². The molecular weight excluding hydrogens is 274 g/mol. The van der Waals surface area contributed by atoms with Crippen LogP contribution in [0.15, 0.2) is 6.20 Å². The lowest BCUT2D eigenvalue weighted by Gasteiger charge is -2.23. The second-order valence-electron chi connectivity index (χ2n) is 5.13. The van der Waals surface area contributed by atoms with Crippen LogP contribution in [0.2, 0.25) is 0 Å². The third kappa shape index (κ3) is 2.89. The Kier molecular flexibility index (Phi) is 4.88. The van der Waals surface area contributed by atoms with Crippen molar-refractivity contribution < 1.29 is 23.9 Å². The van der Waals surface area contributed by atoms with E-state index >= 15 is 0 Å². The van der Waals surface area contributed by atoms with Crippen LogP contribution in [0.3, 0.4) is 0 Å². The number of hydrogen-bond acceptors (Lipinski definition) is 5. The lowest BCUT2D eigenvalue weighted by Crippen LogP contribution is -2.18. The summed E-state index contributed by atoms with van der Waals surface area (Å²) in [6.07, 6.45) is 6.85. The number of esters is 2. The topological polar surface area (TPSA) is 66.8 Å². The van der Waals surface area contributed by atoms with E-state index in [1.807, 2.05) is 0 Å². The minimum atomic E-state index is -0.566. The standard InChI is InChI=1S/C15H21NO5/c1-19-14(17)11-9-16(21-3)13(12(11)15(18)20-2)10-7-5-4-6-8-10/h9-10H,4-8H2,1-3H3. The average Bonchev–Trinajstić information content (AvgIpc) is 2.93. The Morgan fingerprint density at radius 3 is 2.19 bits per heavy atom. The highest BCUT2D eigenvalue weighted by molar-refractivity contribution is 6.04. The van der Waals surface area contributed by atoms with Crippen molar-refractivity contribution in [3.05, 3.63) is 23.0 Å². The lowest BCUT2D eigenvalue weighted by atomic mass is 9.85. The SMILES string of the molecule is COC(=O)c1cn(OC)c(C2CCCCC2)c1C(=O)OC. The van der Waals surface area contributed by atoms with Gasteiger partial charge in [0.25, 0.3) is 0 Å². The molecule has 0 bridgehead atoms. The summed E-state index contributed by atoms with van der Waals surface area (Å²) >= 11 is 0. The van der Waals surface area contributed by atoms with Gasteiger partial charge in [0.05, 0.1) is 37.2 Å². The van der Waals surface area contributed by atoms with Crippen LogP contribution in [-0.4, -0.2) is 38.0 Å². The Balaban J connectivity index is 2.56. The van der Waals surface area contributed by atoms with Crippen molar-refractivity contribution >= 4 is 11.9 Å². The molecule has 0 aromatic carbocycles. The predicted octanol–water partition coefficient (Wildman–Crippen LogP) is 2.17. The number of methoxy groups -OCH3 is 2. The van der Waals surface area contributed by atoms with Gasteiger partial charge in [-0.15, -0.1) is 0 Å². The quantitative estimate of drug-likeness (QED) is 0.796. The number of carbonyl (C=O) groups excluding carboxylic acids is 2. The Hall–Kier alpha value is -1.98. The fourth-order valence-corrected chi connectivity index (χ4v) is 2.99. The number of carbonyl (C=O) groups is 2. The summed E-state index contributed by atoms with van der Waals surface area (Å²) in [6.45, 7) is 0. The summed E-state index contributed by atoms with van der Waals surface area (Å²) in [6, 6.07) is 0. The van der Waals surface area contributed by atoms with Crippen molar-refractivity contribution in [1.82, 2.24) is 4.73 Å². The van der Waals surface area contributed by atoms with Gasteiger partial charge in [-0.3, -0.25) is 0 Å². The van der Waals surface area contributed by atoms with Crippen molar-refractivity contribution in [3.8, 4) is 0 Å². The van der Waals surface area contributed by atoms with Crippen molar-refractivity contribution in [1.29, 1.82) is 0 Å². The largest absolute Gasteiger partial charge is 0.465 e. The number of ether oxygens (including phenoxy) is 2. The van der Waals surface area contributed by atoms with E-state index in [1.54, 1.807) is 0 Å². The monoisotopic (exact) mass is 295 g/mol. The van der Waals surface area contributed by atoms with Crippen LogP contribution >= 0.6 is 0 Å². The van der Waals surface area contributed by atoms with Crippen LogP contribution in [-0.2, 0) is 9.47 Å². The fraction of sp³-hybridized carbons (Fsp3) is 0.600. The van der Waals surface area contributed by atoms with Gasteiger partial charge in [0, 0.05) is 5.92 Å². The first-order valence-electron chi connectivity index (χ1n) is 7.10. The molecule has 0 N–H and O–H groups in total. The average molecular weight is 295 g/mol. The summed E-state index contributed by atoms with van der Waals surface area (Å²) in [4.78, 5) is 29.4. The first-order valence-corrected chi connectivity index (χ1v) is 7.10. The van der Waals surface area contributed by atoms with E-state index < -0.39 is 11.9 Å². The second-order valence-corrected chi connectivity index (χ2v) is 5.13. The molecule has 116 valence electrons. The summed E-state index contributed by atoms with van der Waals surface area (Å²) in [5.41, 5.74) is 1.16. The predicted molar refractivity (Wildman–Crippen MR) is 75.4 cm³/mol. The minimum Gasteiger partial charge on any atom is -0.465 e. The highest BCUT2D eigenvalue weighted by Gasteiger charge is 2.32. The van der Waals surface area contributed by atoms with Crippen LogP contribution in [0.4, 0.5) is 0 Å². The molecule has 0 unspecified atom stereocenters. The molecule has 1 fully saturated rings. The molecule has 1 aromatic rings. The molecule has 0 amide bonds. The molecule has 0 atom stereocenters. The zero-order valence-corrected chi connectivity index (χ0v) is 12.7. The van der Waals surface area contributed by atoms with E-state index in [0.29, 0.717) is 5.69 Å². The van der Waals surface area contributed by atoms with E-state index in [4.69, 9.17) is 14.3 Å². The Morgan fingerprint density at radius 1 is 1.05 bits per heavy atom. The molecule has 21 heavy (non-hydrogen) atoms. The smallest absolute Gasteiger partial charge is 0.340 e. The maximum absolute atomic E-state index is 12.1. The van der Waals surface area contributed by atoms with Crippen LogP contribution in [0.25, 0.3) is 0 Å².